The highest BCUT2D eigenvalue weighted by molar-refractivity contribution is 7.99. The zero-order valence-corrected chi connectivity index (χ0v) is 18.6. The van der Waals surface area contributed by atoms with E-state index in [0.717, 1.165) is 50.3 Å². The molecule has 0 amide bonds. The smallest absolute Gasteiger partial charge is 0.230 e. The normalized spacial score (nSPS) is 16.4. The van der Waals surface area contributed by atoms with E-state index in [9.17, 15) is 0 Å². The predicted octanol–water partition coefficient (Wildman–Crippen LogP) is 4.54. The molecule has 6 nitrogen and oxygen atoms in total. The van der Waals surface area contributed by atoms with Gasteiger partial charge in [-0.1, -0.05) is 49.0 Å². The number of aromatic nitrogens is 3. The molecule has 1 atom stereocenters. The summed E-state index contributed by atoms with van der Waals surface area (Å²) in [5, 5.41) is 1.15. The highest BCUT2D eigenvalue weighted by Crippen LogP contribution is 2.42. The first-order valence-corrected chi connectivity index (χ1v) is 11.2. The van der Waals surface area contributed by atoms with Crippen LogP contribution < -0.4 is 10.6 Å². The Morgan fingerprint density at radius 2 is 1.89 bits per heavy atom. The number of nitrogen functional groups attached to an aromatic ring is 1. The van der Waals surface area contributed by atoms with Crippen molar-refractivity contribution >= 4 is 46.9 Å². The van der Waals surface area contributed by atoms with Crippen molar-refractivity contribution in [1.29, 1.82) is 0 Å². The molecule has 1 aliphatic rings. The molecule has 2 N–H and O–H groups in total. The van der Waals surface area contributed by atoms with Gasteiger partial charge in [0.25, 0.3) is 0 Å². The summed E-state index contributed by atoms with van der Waals surface area (Å²) in [6.45, 7) is 5.89. The summed E-state index contributed by atoms with van der Waals surface area (Å²) in [5.41, 5.74) is 6.05. The van der Waals surface area contributed by atoms with Crippen molar-refractivity contribution in [2.24, 2.45) is 0 Å². The van der Waals surface area contributed by atoms with Crippen molar-refractivity contribution in [3.63, 3.8) is 0 Å². The minimum atomic E-state index is 0.0347. The number of likely N-dealkylation sites (N-methyl/N-ethyl adjacent to an activating group) is 1. The average molecular weight is 441 g/mol. The van der Waals surface area contributed by atoms with Crippen LogP contribution in [0.1, 0.15) is 37.3 Å². The number of halogens is 2. The predicted molar refractivity (Wildman–Crippen MR) is 119 cm³/mol. The molecule has 3 rings (SSSR count). The van der Waals surface area contributed by atoms with Gasteiger partial charge in [-0.25, -0.2) is 0 Å². The summed E-state index contributed by atoms with van der Waals surface area (Å²) in [6, 6.07) is 5.68. The lowest BCUT2D eigenvalue weighted by atomic mass is 10.2. The molecule has 1 saturated heterocycles. The maximum atomic E-state index is 6.41. The number of hydrogen-bond donors (Lipinski definition) is 1. The minimum absolute atomic E-state index is 0.0347. The summed E-state index contributed by atoms with van der Waals surface area (Å²) < 4.78 is 0. The molecule has 0 aliphatic carbocycles. The van der Waals surface area contributed by atoms with E-state index in [-0.39, 0.29) is 11.2 Å². The van der Waals surface area contributed by atoms with Crippen LogP contribution in [-0.4, -0.2) is 53.1 Å². The lowest BCUT2D eigenvalue weighted by molar-refractivity contribution is 0.311. The molecule has 0 spiro atoms. The number of benzene rings is 1. The fourth-order valence-corrected chi connectivity index (χ4v) is 4.71. The quantitative estimate of drug-likeness (QED) is 0.633. The molecular formula is C19H26Cl2N6S. The first kappa shape index (κ1) is 21.4. The Morgan fingerprint density at radius 3 is 2.61 bits per heavy atom. The second kappa shape index (κ2) is 9.96. The Hall–Kier alpha value is -1.28. The van der Waals surface area contributed by atoms with Gasteiger partial charge in [-0.3, -0.25) is 0 Å². The van der Waals surface area contributed by atoms with Crippen molar-refractivity contribution in [3.8, 4) is 0 Å². The van der Waals surface area contributed by atoms with Crippen LogP contribution in [0.3, 0.4) is 0 Å². The van der Waals surface area contributed by atoms with Gasteiger partial charge >= 0.3 is 0 Å². The molecule has 0 bridgehead atoms. The highest BCUT2D eigenvalue weighted by Gasteiger charge is 2.23. The van der Waals surface area contributed by atoms with Gasteiger partial charge in [0.2, 0.25) is 11.9 Å². The molecule has 0 radical (unpaired) electrons. The second-order valence-electron chi connectivity index (χ2n) is 6.94. The fourth-order valence-electron chi connectivity index (χ4n) is 3.05. The van der Waals surface area contributed by atoms with E-state index in [0.29, 0.717) is 21.8 Å². The Kier molecular flexibility index (Phi) is 7.62. The second-order valence-corrected chi connectivity index (χ2v) is 8.97. The Morgan fingerprint density at radius 1 is 1.14 bits per heavy atom. The van der Waals surface area contributed by atoms with E-state index in [1.54, 1.807) is 17.8 Å². The molecule has 1 aromatic heterocycles. The molecular weight excluding hydrogens is 415 g/mol. The molecule has 2 heterocycles. The third-order valence-corrected chi connectivity index (χ3v) is 6.99. The maximum absolute atomic E-state index is 6.41. The standard InChI is InChI=1S/C19H26Cl2N6S/c1-3-4-7-15(28-14-8-5-6-13(20)16(14)21)17-23-18(22)25-19(24-17)27-11-9-26(2)10-12-27/h5-6,8,15H,3-4,7,9-12H2,1-2H3,(H2,22,23,24,25). The number of nitrogens with zero attached hydrogens (tertiary/aromatic N) is 5. The van der Waals surface area contributed by atoms with Crippen molar-refractivity contribution in [2.45, 2.75) is 36.3 Å². The van der Waals surface area contributed by atoms with Crippen LogP contribution in [0.2, 0.25) is 10.0 Å². The number of nitrogens with two attached hydrogens (primary N) is 1. The number of rotatable bonds is 7. The molecule has 0 saturated carbocycles. The summed E-state index contributed by atoms with van der Waals surface area (Å²) in [5.74, 6) is 1.63. The third kappa shape index (κ3) is 5.41. The number of thioether (sulfide) groups is 1. The highest BCUT2D eigenvalue weighted by atomic mass is 35.5. The summed E-state index contributed by atoms with van der Waals surface area (Å²) in [7, 11) is 2.12. The van der Waals surface area contributed by atoms with E-state index in [2.05, 4.69) is 33.7 Å². The monoisotopic (exact) mass is 440 g/mol. The van der Waals surface area contributed by atoms with Crippen LogP contribution >= 0.6 is 35.0 Å². The van der Waals surface area contributed by atoms with Crippen LogP contribution in [-0.2, 0) is 0 Å². The third-order valence-electron chi connectivity index (χ3n) is 4.74. The zero-order valence-electron chi connectivity index (χ0n) is 16.2. The van der Waals surface area contributed by atoms with Gasteiger partial charge in [-0.15, -0.1) is 11.8 Å². The van der Waals surface area contributed by atoms with Gasteiger partial charge in [0.1, 0.15) is 5.82 Å². The molecule has 152 valence electrons. The topological polar surface area (TPSA) is 71.2 Å². The van der Waals surface area contributed by atoms with Crippen LogP contribution in [0.5, 0.6) is 0 Å². The molecule has 28 heavy (non-hydrogen) atoms. The van der Waals surface area contributed by atoms with Gasteiger partial charge in [0.15, 0.2) is 0 Å². The van der Waals surface area contributed by atoms with Crippen LogP contribution in [0, 0.1) is 0 Å². The molecule has 9 heteroatoms. The Bertz CT molecular complexity index is 798. The van der Waals surface area contributed by atoms with Gasteiger partial charge in [-0.2, -0.15) is 15.0 Å². The van der Waals surface area contributed by atoms with Gasteiger partial charge in [0.05, 0.1) is 15.3 Å². The summed E-state index contributed by atoms with van der Waals surface area (Å²) in [4.78, 5) is 19.0. The van der Waals surface area contributed by atoms with Crippen LogP contribution in [0.4, 0.5) is 11.9 Å². The SMILES string of the molecule is CCCCC(Sc1cccc(Cl)c1Cl)c1nc(N)nc(N2CCN(C)CC2)n1. The van der Waals surface area contributed by atoms with Gasteiger partial charge < -0.3 is 15.5 Å². The number of unbranched alkanes of at least 4 members (excludes halogenated alkanes) is 1. The molecule has 1 aromatic carbocycles. The van der Waals surface area contributed by atoms with Crippen LogP contribution in [0.15, 0.2) is 23.1 Å². The number of piperazine rings is 1. The van der Waals surface area contributed by atoms with Crippen molar-refractivity contribution in [1.82, 2.24) is 19.9 Å². The van der Waals surface area contributed by atoms with E-state index in [1.807, 2.05) is 12.1 Å². The molecule has 1 fully saturated rings. The van der Waals surface area contributed by atoms with Crippen molar-refractivity contribution < 1.29 is 0 Å². The first-order chi connectivity index (χ1) is 13.5. The molecule has 1 unspecified atom stereocenters. The Balaban J connectivity index is 1.88. The van der Waals surface area contributed by atoms with Crippen molar-refractivity contribution in [3.05, 3.63) is 34.1 Å². The average Bonchev–Trinajstić information content (AvgIpc) is 2.68. The van der Waals surface area contributed by atoms with E-state index in [1.165, 1.54) is 0 Å². The first-order valence-electron chi connectivity index (χ1n) is 9.53. The van der Waals surface area contributed by atoms with Crippen molar-refractivity contribution in [2.75, 3.05) is 43.9 Å². The minimum Gasteiger partial charge on any atom is -0.368 e. The fraction of sp³-hybridized carbons (Fsp3) is 0.526. The largest absolute Gasteiger partial charge is 0.368 e. The van der Waals surface area contributed by atoms with E-state index >= 15 is 0 Å². The van der Waals surface area contributed by atoms with E-state index < -0.39 is 0 Å². The number of anilines is 2. The summed E-state index contributed by atoms with van der Waals surface area (Å²) >= 11 is 14.2. The van der Waals surface area contributed by atoms with Gasteiger partial charge in [0, 0.05) is 31.1 Å². The van der Waals surface area contributed by atoms with Crippen LogP contribution in [0.25, 0.3) is 0 Å². The molecule has 1 aliphatic heterocycles. The maximum Gasteiger partial charge on any atom is 0.230 e. The van der Waals surface area contributed by atoms with E-state index in [4.69, 9.17) is 33.9 Å². The molecule has 2 aromatic rings. The summed E-state index contributed by atoms with van der Waals surface area (Å²) in [6.07, 6.45) is 3.08. The Labute approximate surface area is 180 Å². The zero-order chi connectivity index (χ0) is 20.1. The van der Waals surface area contributed by atoms with Gasteiger partial charge in [-0.05, 0) is 25.6 Å². The lowest BCUT2D eigenvalue weighted by Crippen LogP contribution is -2.45. The number of hydrogen-bond acceptors (Lipinski definition) is 7. The lowest BCUT2D eigenvalue weighted by Gasteiger charge is -2.32.